The molecule has 0 aromatic carbocycles. The predicted octanol–water partition coefficient (Wildman–Crippen LogP) is -1.79. The summed E-state index contributed by atoms with van der Waals surface area (Å²) in [7, 11) is 0. The lowest BCUT2D eigenvalue weighted by Gasteiger charge is -2.03. The number of aliphatic hydroxyl groups is 1. The topological polar surface area (TPSA) is 132 Å². The van der Waals surface area contributed by atoms with Crippen LogP contribution in [0, 0.1) is 16.7 Å². The summed E-state index contributed by atoms with van der Waals surface area (Å²) in [6, 6.07) is 1.55. The molecule has 12 heavy (non-hydrogen) atoms. The molecule has 66 valence electrons. The van der Waals surface area contributed by atoms with Crippen LogP contribution in [-0.2, 0) is 0 Å². The standard InChI is InChI=1S/C6H11N5O/c7-1-4(5(12)2-8)11-6(10)3-9/h5,10,12H,1,3,7,9H2. The van der Waals surface area contributed by atoms with E-state index in [1.165, 1.54) is 0 Å². The van der Waals surface area contributed by atoms with Crippen LogP contribution < -0.4 is 11.5 Å². The van der Waals surface area contributed by atoms with Gasteiger partial charge >= 0.3 is 0 Å². The van der Waals surface area contributed by atoms with Gasteiger partial charge in [0.15, 0.2) is 6.10 Å². The Balaban J connectivity index is 4.45. The minimum absolute atomic E-state index is 0.0400. The highest BCUT2D eigenvalue weighted by molar-refractivity contribution is 6.01. The highest BCUT2D eigenvalue weighted by Gasteiger charge is 2.09. The molecule has 0 saturated carbocycles. The Hall–Kier alpha value is -1.29. The van der Waals surface area contributed by atoms with Crippen molar-refractivity contribution in [3.05, 3.63) is 0 Å². The van der Waals surface area contributed by atoms with Crippen molar-refractivity contribution in [2.75, 3.05) is 13.1 Å². The van der Waals surface area contributed by atoms with E-state index in [1.807, 2.05) is 0 Å². The van der Waals surface area contributed by atoms with E-state index < -0.39 is 6.10 Å². The Labute approximate surface area is 70.0 Å². The summed E-state index contributed by atoms with van der Waals surface area (Å²) >= 11 is 0. The van der Waals surface area contributed by atoms with Gasteiger partial charge in [-0.15, -0.1) is 0 Å². The van der Waals surface area contributed by atoms with E-state index in [4.69, 9.17) is 27.2 Å². The fraction of sp³-hybridized carbons (Fsp3) is 0.500. The van der Waals surface area contributed by atoms with Gasteiger partial charge < -0.3 is 16.6 Å². The van der Waals surface area contributed by atoms with Crippen LogP contribution in [0.4, 0.5) is 0 Å². The predicted molar refractivity (Wildman–Crippen MR) is 44.9 cm³/mol. The third kappa shape index (κ3) is 3.21. The van der Waals surface area contributed by atoms with E-state index in [1.54, 1.807) is 6.07 Å². The number of hydrogen-bond acceptors (Lipinski definition) is 5. The normalized spacial score (nSPS) is 13.7. The Morgan fingerprint density at radius 1 is 1.58 bits per heavy atom. The van der Waals surface area contributed by atoms with Gasteiger partial charge in [0, 0.05) is 6.54 Å². The van der Waals surface area contributed by atoms with Crippen molar-refractivity contribution >= 4 is 11.5 Å². The molecule has 0 heterocycles. The molecule has 0 aromatic heterocycles. The second kappa shape index (κ2) is 5.37. The molecule has 6 heteroatoms. The first-order valence-electron chi connectivity index (χ1n) is 3.28. The van der Waals surface area contributed by atoms with Gasteiger partial charge in [0.25, 0.3) is 0 Å². The summed E-state index contributed by atoms with van der Waals surface area (Å²) in [5, 5.41) is 24.3. The highest BCUT2D eigenvalue weighted by Crippen LogP contribution is 1.87. The maximum absolute atomic E-state index is 8.95. The molecule has 0 aliphatic heterocycles. The number of aliphatic imine (C=N–C) groups is 1. The minimum Gasteiger partial charge on any atom is -0.373 e. The highest BCUT2D eigenvalue weighted by atomic mass is 16.3. The Bertz CT molecular complexity index is 229. The zero-order valence-corrected chi connectivity index (χ0v) is 6.49. The van der Waals surface area contributed by atoms with Crippen molar-refractivity contribution in [2.45, 2.75) is 6.10 Å². The number of hydrogen-bond donors (Lipinski definition) is 4. The summed E-state index contributed by atoms with van der Waals surface area (Å²) < 4.78 is 0. The maximum atomic E-state index is 8.95. The number of aliphatic hydroxyl groups excluding tert-OH is 1. The molecule has 6 N–H and O–H groups in total. The third-order valence-corrected chi connectivity index (χ3v) is 1.12. The number of rotatable bonds is 3. The van der Waals surface area contributed by atoms with Gasteiger partial charge in [-0.3, -0.25) is 5.41 Å². The van der Waals surface area contributed by atoms with Gasteiger partial charge in [-0.25, -0.2) is 4.99 Å². The summed E-state index contributed by atoms with van der Waals surface area (Å²) in [5.74, 6) is -0.107. The average molecular weight is 169 g/mol. The molecule has 0 saturated heterocycles. The van der Waals surface area contributed by atoms with Gasteiger partial charge in [0.05, 0.1) is 12.3 Å². The molecule has 0 rings (SSSR count). The van der Waals surface area contributed by atoms with Crippen molar-refractivity contribution in [1.82, 2.24) is 0 Å². The second-order valence-electron chi connectivity index (χ2n) is 1.99. The number of nitrogens with one attached hydrogen (secondary N) is 1. The Morgan fingerprint density at radius 3 is 2.50 bits per heavy atom. The lowest BCUT2D eigenvalue weighted by atomic mass is 10.2. The van der Waals surface area contributed by atoms with Gasteiger partial charge in [-0.05, 0) is 0 Å². The van der Waals surface area contributed by atoms with Gasteiger partial charge in [-0.1, -0.05) is 0 Å². The van der Waals surface area contributed by atoms with Crippen LogP contribution in [0.3, 0.4) is 0 Å². The summed E-state index contributed by atoms with van der Waals surface area (Å²) in [6.07, 6.45) is -1.35. The number of nitriles is 1. The molecule has 6 nitrogen and oxygen atoms in total. The molecule has 1 unspecified atom stereocenters. The molecule has 0 aliphatic carbocycles. The van der Waals surface area contributed by atoms with E-state index in [2.05, 4.69) is 4.99 Å². The molecule has 0 bridgehead atoms. The minimum atomic E-state index is -1.35. The van der Waals surface area contributed by atoms with E-state index in [9.17, 15) is 0 Å². The van der Waals surface area contributed by atoms with Gasteiger partial charge in [-0.2, -0.15) is 5.26 Å². The second-order valence-corrected chi connectivity index (χ2v) is 1.99. The summed E-state index contributed by atoms with van der Waals surface area (Å²) in [5.41, 5.74) is 10.3. The summed E-state index contributed by atoms with van der Waals surface area (Å²) in [4.78, 5) is 3.56. The molecular weight excluding hydrogens is 158 g/mol. The molecule has 1 atom stereocenters. The Morgan fingerprint density at radius 2 is 2.17 bits per heavy atom. The van der Waals surface area contributed by atoms with Crippen LogP contribution in [0.25, 0.3) is 0 Å². The van der Waals surface area contributed by atoms with Crippen molar-refractivity contribution < 1.29 is 5.11 Å². The van der Waals surface area contributed by atoms with E-state index >= 15 is 0 Å². The fourth-order valence-corrected chi connectivity index (χ4v) is 0.512. The van der Waals surface area contributed by atoms with Crippen molar-refractivity contribution in [2.24, 2.45) is 16.5 Å². The van der Waals surface area contributed by atoms with Crippen LogP contribution in [0.2, 0.25) is 0 Å². The molecule has 0 aromatic rings. The SMILES string of the molecule is N#CC(O)C(CN)=NC(=N)CN. The quantitative estimate of drug-likeness (QED) is 0.225. The lowest BCUT2D eigenvalue weighted by molar-refractivity contribution is 0.294. The van der Waals surface area contributed by atoms with Gasteiger partial charge in [0.1, 0.15) is 11.9 Å². The van der Waals surface area contributed by atoms with Crippen molar-refractivity contribution in [3.63, 3.8) is 0 Å². The van der Waals surface area contributed by atoms with Crippen molar-refractivity contribution in [1.29, 1.82) is 10.7 Å². The van der Waals surface area contributed by atoms with Gasteiger partial charge in [0.2, 0.25) is 0 Å². The zero-order chi connectivity index (χ0) is 9.56. The number of nitrogens with two attached hydrogens (primary N) is 2. The van der Waals surface area contributed by atoms with Crippen LogP contribution in [0.1, 0.15) is 0 Å². The van der Waals surface area contributed by atoms with Crippen molar-refractivity contribution in [3.8, 4) is 6.07 Å². The first kappa shape index (κ1) is 10.7. The largest absolute Gasteiger partial charge is 0.373 e. The van der Waals surface area contributed by atoms with E-state index in [-0.39, 0.29) is 24.6 Å². The number of amidine groups is 1. The monoisotopic (exact) mass is 169 g/mol. The molecule has 0 spiro atoms. The molecular formula is C6H11N5O. The smallest absolute Gasteiger partial charge is 0.180 e. The average Bonchev–Trinajstić information content (AvgIpc) is 2.12. The third-order valence-electron chi connectivity index (χ3n) is 1.12. The lowest BCUT2D eigenvalue weighted by Crippen LogP contribution is -2.28. The fourth-order valence-electron chi connectivity index (χ4n) is 0.512. The maximum Gasteiger partial charge on any atom is 0.180 e. The first-order valence-corrected chi connectivity index (χ1v) is 3.28. The Kier molecular flexibility index (Phi) is 4.79. The van der Waals surface area contributed by atoms with E-state index in [0.29, 0.717) is 0 Å². The molecule has 0 amide bonds. The zero-order valence-electron chi connectivity index (χ0n) is 6.49. The molecule has 0 radical (unpaired) electrons. The number of nitrogens with zero attached hydrogens (tertiary/aromatic N) is 2. The van der Waals surface area contributed by atoms with Crippen LogP contribution in [-0.4, -0.2) is 35.8 Å². The molecule has 0 aliphatic rings. The van der Waals surface area contributed by atoms with Crippen LogP contribution in [0.15, 0.2) is 4.99 Å². The summed E-state index contributed by atoms with van der Waals surface area (Å²) in [6.45, 7) is -0.0985. The first-order chi connectivity index (χ1) is 5.65. The molecule has 0 fully saturated rings. The van der Waals surface area contributed by atoms with Crippen LogP contribution >= 0.6 is 0 Å². The van der Waals surface area contributed by atoms with E-state index in [0.717, 1.165) is 0 Å². The van der Waals surface area contributed by atoms with Crippen LogP contribution in [0.5, 0.6) is 0 Å².